The molecule has 4 heteroatoms. The van der Waals surface area contributed by atoms with Gasteiger partial charge in [0.25, 0.3) is 0 Å². The molecule has 17 heavy (non-hydrogen) atoms. The maximum Gasteiger partial charge on any atom is 0.234 e. The van der Waals surface area contributed by atoms with Gasteiger partial charge < -0.3 is 10.6 Å². The molecular weight excluding hydrogens is 214 g/mol. The Balaban J connectivity index is 2.36. The zero-order valence-corrected chi connectivity index (χ0v) is 11.0. The summed E-state index contributed by atoms with van der Waals surface area (Å²) in [6.45, 7) is 8.99. The molecule has 0 aliphatic heterocycles. The van der Waals surface area contributed by atoms with E-state index >= 15 is 0 Å². The van der Waals surface area contributed by atoms with Gasteiger partial charge in [0.1, 0.15) is 0 Å². The van der Waals surface area contributed by atoms with Crippen molar-refractivity contribution in [1.29, 1.82) is 0 Å². The Morgan fingerprint density at radius 2 is 2.12 bits per heavy atom. The minimum absolute atomic E-state index is 0.0103. The Morgan fingerprint density at radius 3 is 2.71 bits per heavy atom. The average Bonchev–Trinajstić information content (AvgIpc) is 2.24. The van der Waals surface area contributed by atoms with E-state index in [-0.39, 0.29) is 11.4 Å². The van der Waals surface area contributed by atoms with Gasteiger partial charge in [-0.25, -0.2) is 0 Å². The summed E-state index contributed by atoms with van der Waals surface area (Å²) in [4.78, 5) is 15.6. The van der Waals surface area contributed by atoms with Crippen molar-refractivity contribution in [2.24, 2.45) is 0 Å². The molecule has 0 aliphatic rings. The highest BCUT2D eigenvalue weighted by Crippen LogP contribution is 2.03. The van der Waals surface area contributed by atoms with Gasteiger partial charge in [-0.1, -0.05) is 0 Å². The summed E-state index contributed by atoms with van der Waals surface area (Å²) >= 11 is 0. The van der Waals surface area contributed by atoms with Crippen LogP contribution in [0.15, 0.2) is 18.5 Å². The van der Waals surface area contributed by atoms with Crippen molar-refractivity contribution in [1.82, 2.24) is 15.6 Å². The lowest BCUT2D eigenvalue weighted by Crippen LogP contribution is -2.43. The smallest absolute Gasteiger partial charge is 0.234 e. The van der Waals surface area contributed by atoms with Gasteiger partial charge in [-0.05, 0) is 44.9 Å². The van der Waals surface area contributed by atoms with Gasteiger partial charge in [0.05, 0.1) is 6.54 Å². The van der Waals surface area contributed by atoms with Crippen molar-refractivity contribution in [2.75, 3.05) is 6.54 Å². The molecule has 4 nitrogen and oxygen atoms in total. The van der Waals surface area contributed by atoms with E-state index in [0.717, 1.165) is 11.1 Å². The first kappa shape index (κ1) is 13.6. The molecule has 0 spiro atoms. The highest BCUT2D eigenvalue weighted by molar-refractivity contribution is 5.78. The molecule has 0 bridgehead atoms. The summed E-state index contributed by atoms with van der Waals surface area (Å²) in [6.07, 6.45) is 3.54. The fourth-order valence-corrected chi connectivity index (χ4v) is 1.30. The number of pyridine rings is 1. The second-order valence-electron chi connectivity index (χ2n) is 5.18. The van der Waals surface area contributed by atoms with Crippen LogP contribution >= 0.6 is 0 Å². The molecule has 94 valence electrons. The average molecular weight is 235 g/mol. The van der Waals surface area contributed by atoms with Crippen molar-refractivity contribution in [2.45, 2.75) is 39.8 Å². The summed E-state index contributed by atoms with van der Waals surface area (Å²) in [5, 5.41) is 6.03. The Morgan fingerprint density at radius 1 is 1.41 bits per heavy atom. The van der Waals surface area contributed by atoms with Gasteiger partial charge in [0.2, 0.25) is 5.91 Å². The predicted octanol–water partition coefficient (Wildman–Crippen LogP) is 1.39. The molecule has 1 aromatic heterocycles. The normalized spacial score (nSPS) is 11.3. The first-order chi connectivity index (χ1) is 7.88. The highest BCUT2D eigenvalue weighted by Gasteiger charge is 2.11. The van der Waals surface area contributed by atoms with E-state index in [1.807, 2.05) is 33.8 Å². The van der Waals surface area contributed by atoms with Crippen LogP contribution in [0.4, 0.5) is 0 Å². The molecule has 1 rings (SSSR count). The second kappa shape index (κ2) is 5.77. The zero-order valence-electron chi connectivity index (χ0n) is 11.0. The predicted molar refractivity (Wildman–Crippen MR) is 68.6 cm³/mol. The molecule has 0 saturated carbocycles. The molecule has 1 amide bonds. The molecular formula is C13H21N3O. The van der Waals surface area contributed by atoms with E-state index in [0.29, 0.717) is 13.1 Å². The molecule has 1 heterocycles. The summed E-state index contributed by atoms with van der Waals surface area (Å²) < 4.78 is 0. The van der Waals surface area contributed by atoms with Crippen molar-refractivity contribution in [3.63, 3.8) is 0 Å². The first-order valence-electron chi connectivity index (χ1n) is 5.80. The van der Waals surface area contributed by atoms with Gasteiger partial charge in [-0.15, -0.1) is 0 Å². The number of hydrogen-bond acceptors (Lipinski definition) is 3. The van der Waals surface area contributed by atoms with E-state index < -0.39 is 0 Å². The Labute approximate surface area is 103 Å². The van der Waals surface area contributed by atoms with Crippen molar-refractivity contribution >= 4 is 5.91 Å². The lowest BCUT2D eigenvalue weighted by molar-refractivity contribution is -0.120. The number of carbonyl (C=O) groups excluding carboxylic acids is 1. The van der Waals surface area contributed by atoms with Crippen LogP contribution in [-0.2, 0) is 11.3 Å². The fourth-order valence-electron chi connectivity index (χ4n) is 1.30. The monoisotopic (exact) mass is 235 g/mol. The van der Waals surface area contributed by atoms with Crippen LogP contribution in [0.2, 0.25) is 0 Å². The Kier molecular flexibility index (Phi) is 4.63. The van der Waals surface area contributed by atoms with E-state index in [1.165, 1.54) is 0 Å². The lowest BCUT2D eigenvalue weighted by Gasteiger charge is -2.20. The van der Waals surface area contributed by atoms with Crippen molar-refractivity contribution < 1.29 is 4.79 Å². The minimum atomic E-state index is -0.0378. The van der Waals surface area contributed by atoms with Crippen LogP contribution in [0.3, 0.4) is 0 Å². The largest absolute Gasteiger partial charge is 0.351 e. The number of nitrogens with zero attached hydrogens (tertiary/aromatic N) is 1. The first-order valence-corrected chi connectivity index (χ1v) is 5.80. The third-order valence-electron chi connectivity index (χ3n) is 2.39. The molecule has 1 aromatic rings. The van der Waals surface area contributed by atoms with Crippen LogP contribution in [0.25, 0.3) is 0 Å². The number of aromatic nitrogens is 1. The summed E-state index contributed by atoms with van der Waals surface area (Å²) in [7, 11) is 0. The van der Waals surface area contributed by atoms with Gasteiger partial charge in [0, 0.05) is 24.5 Å². The van der Waals surface area contributed by atoms with Crippen LogP contribution < -0.4 is 10.6 Å². The minimum Gasteiger partial charge on any atom is -0.351 e. The van der Waals surface area contributed by atoms with Gasteiger partial charge in [0.15, 0.2) is 0 Å². The van der Waals surface area contributed by atoms with Crippen LogP contribution in [0, 0.1) is 6.92 Å². The fraction of sp³-hybridized carbons (Fsp3) is 0.538. The standard InChI is InChI=1S/C13H21N3O/c1-10-7-14-6-5-11(10)8-15-12(17)9-16-13(2,3)4/h5-7,16H,8-9H2,1-4H3,(H,15,17). The second-order valence-corrected chi connectivity index (χ2v) is 5.18. The maximum absolute atomic E-state index is 11.6. The number of carbonyl (C=O) groups is 1. The molecule has 0 atom stereocenters. The third-order valence-corrected chi connectivity index (χ3v) is 2.39. The SMILES string of the molecule is Cc1cnccc1CNC(=O)CNC(C)(C)C. The van der Waals surface area contributed by atoms with Crippen LogP contribution in [0.5, 0.6) is 0 Å². The summed E-state index contributed by atoms with van der Waals surface area (Å²) in [6, 6.07) is 1.92. The zero-order chi connectivity index (χ0) is 12.9. The highest BCUT2D eigenvalue weighted by atomic mass is 16.1. The summed E-state index contributed by atoms with van der Waals surface area (Å²) in [5.74, 6) is 0.0103. The van der Waals surface area contributed by atoms with Crippen LogP contribution in [-0.4, -0.2) is 23.0 Å². The molecule has 2 N–H and O–H groups in total. The summed E-state index contributed by atoms with van der Waals surface area (Å²) in [5.41, 5.74) is 2.16. The number of nitrogens with one attached hydrogen (secondary N) is 2. The molecule has 0 aliphatic carbocycles. The van der Waals surface area contributed by atoms with Crippen LogP contribution in [0.1, 0.15) is 31.9 Å². The number of amides is 1. The molecule has 0 unspecified atom stereocenters. The molecule has 0 saturated heterocycles. The Hall–Kier alpha value is -1.42. The molecule has 0 radical (unpaired) electrons. The van der Waals surface area contributed by atoms with E-state index in [1.54, 1.807) is 12.4 Å². The topological polar surface area (TPSA) is 54.0 Å². The van der Waals surface area contributed by atoms with Gasteiger partial charge in [-0.2, -0.15) is 0 Å². The van der Waals surface area contributed by atoms with Gasteiger partial charge in [-0.3, -0.25) is 9.78 Å². The van der Waals surface area contributed by atoms with E-state index in [4.69, 9.17) is 0 Å². The van der Waals surface area contributed by atoms with E-state index in [9.17, 15) is 4.79 Å². The molecule has 0 aromatic carbocycles. The molecule has 0 fully saturated rings. The maximum atomic E-state index is 11.6. The van der Waals surface area contributed by atoms with E-state index in [2.05, 4.69) is 15.6 Å². The number of hydrogen-bond donors (Lipinski definition) is 2. The lowest BCUT2D eigenvalue weighted by atomic mass is 10.1. The van der Waals surface area contributed by atoms with Gasteiger partial charge >= 0.3 is 0 Å². The quantitative estimate of drug-likeness (QED) is 0.829. The number of rotatable bonds is 4. The Bertz CT molecular complexity index is 382. The third kappa shape index (κ3) is 5.45. The number of aryl methyl sites for hydroxylation is 1. The van der Waals surface area contributed by atoms with Crippen molar-refractivity contribution in [3.05, 3.63) is 29.6 Å². The van der Waals surface area contributed by atoms with Crippen molar-refractivity contribution in [3.8, 4) is 0 Å².